The van der Waals surface area contributed by atoms with Crippen LogP contribution in [0.1, 0.15) is 22.8 Å². The maximum absolute atomic E-state index is 10.8. The molecule has 0 saturated carbocycles. The molecule has 0 atom stereocenters. The Bertz CT molecular complexity index is 369. The van der Waals surface area contributed by atoms with Gasteiger partial charge in [0.15, 0.2) is 0 Å². The molecule has 0 amide bonds. The monoisotopic (exact) mass is 196 g/mol. The van der Waals surface area contributed by atoms with Gasteiger partial charge in [0.05, 0.1) is 10.6 Å². The van der Waals surface area contributed by atoms with Gasteiger partial charge in [-0.15, -0.1) is 0 Å². The van der Waals surface area contributed by atoms with Crippen molar-refractivity contribution in [1.82, 2.24) is 0 Å². The number of carboxylic acids is 1. The van der Waals surface area contributed by atoms with E-state index < -0.39 is 5.97 Å². The largest absolute Gasteiger partial charge is 0.478 e. The van der Waals surface area contributed by atoms with Gasteiger partial charge >= 0.3 is 5.97 Å². The molecule has 1 N–H and O–H groups in total. The summed E-state index contributed by atoms with van der Waals surface area (Å²) in [5.74, 6) is -1.02. The quantitative estimate of drug-likeness (QED) is 0.790. The van der Waals surface area contributed by atoms with Crippen molar-refractivity contribution in [3.63, 3.8) is 0 Å². The van der Waals surface area contributed by atoms with Crippen LogP contribution in [-0.2, 0) is 0 Å². The van der Waals surface area contributed by atoms with Gasteiger partial charge in [-0.1, -0.05) is 35.9 Å². The maximum Gasteiger partial charge on any atom is 0.337 e. The van der Waals surface area contributed by atoms with E-state index >= 15 is 0 Å². The third kappa shape index (κ3) is 1.90. The van der Waals surface area contributed by atoms with Crippen LogP contribution in [0.4, 0.5) is 0 Å². The zero-order valence-corrected chi connectivity index (χ0v) is 7.93. The molecule has 13 heavy (non-hydrogen) atoms. The second kappa shape index (κ2) is 3.62. The molecule has 68 valence electrons. The molecular formula is C10H9ClO2. The first-order valence-corrected chi connectivity index (χ1v) is 4.09. The lowest BCUT2D eigenvalue weighted by molar-refractivity contribution is 0.0697. The first-order chi connectivity index (χ1) is 6.04. The summed E-state index contributed by atoms with van der Waals surface area (Å²) >= 11 is 5.75. The van der Waals surface area contributed by atoms with Crippen molar-refractivity contribution in [3.05, 3.63) is 40.9 Å². The lowest BCUT2D eigenvalue weighted by atomic mass is 10.0. The van der Waals surface area contributed by atoms with E-state index in [9.17, 15) is 4.79 Å². The van der Waals surface area contributed by atoms with Crippen molar-refractivity contribution >= 4 is 23.1 Å². The molecule has 1 aromatic rings. The summed E-state index contributed by atoms with van der Waals surface area (Å²) in [4.78, 5) is 10.8. The molecule has 0 aliphatic heterocycles. The fraction of sp³-hybridized carbons (Fsp3) is 0.100. The van der Waals surface area contributed by atoms with Crippen LogP contribution in [0.25, 0.3) is 5.57 Å². The minimum Gasteiger partial charge on any atom is -0.478 e. The molecule has 0 fully saturated rings. The molecular weight excluding hydrogens is 188 g/mol. The number of hydrogen-bond acceptors (Lipinski definition) is 1. The molecule has 0 saturated heterocycles. The zero-order chi connectivity index (χ0) is 10.0. The number of rotatable bonds is 2. The van der Waals surface area contributed by atoms with E-state index in [1.54, 1.807) is 25.1 Å². The minimum atomic E-state index is -1.02. The van der Waals surface area contributed by atoms with Crippen molar-refractivity contribution in [2.24, 2.45) is 0 Å². The van der Waals surface area contributed by atoms with E-state index in [2.05, 4.69) is 6.58 Å². The van der Waals surface area contributed by atoms with Crippen LogP contribution in [0.2, 0.25) is 5.02 Å². The number of carboxylic acid groups (broad SMARTS) is 1. The summed E-state index contributed by atoms with van der Waals surface area (Å²) < 4.78 is 0. The van der Waals surface area contributed by atoms with Gasteiger partial charge in [-0.2, -0.15) is 0 Å². The Morgan fingerprint density at radius 1 is 1.54 bits per heavy atom. The van der Waals surface area contributed by atoms with Gasteiger partial charge < -0.3 is 5.11 Å². The Morgan fingerprint density at radius 2 is 2.15 bits per heavy atom. The van der Waals surface area contributed by atoms with E-state index in [0.29, 0.717) is 11.1 Å². The summed E-state index contributed by atoms with van der Waals surface area (Å²) in [5, 5.41) is 9.11. The minimum absolute atomic E-state index is 0.122. The van der Waals surface area contributed by atoms with Crippen LogP contribution in [0.5, 0.6) is 0 Å². The van der Waals surface area contributed by atoms with Gasteiger partial charge in [-0.3, -0.25) is 0 Å². The van der Waals surface area contributed by atoms with Crippen molar-refractivity contribution in [3.8, 4) is 0 Å². The van der Waals surface area contributed by atoms with Crippen LogP contribution >= 0.6 is 11.6 Å². The Morgan fingerprint density at radius 3 is 2.54 bits per heavy atom. The molecule has 1 rings (SSSR count). The molecule has 0 unspecified atom stereocenters. The molecule has 0 aromatic heterocycles. The number of halogens is 1. The normalized spacial score (nSPS) is 9.69. The summed E-state index contributed by atoms with van der Waals surface area (Å²) in [6.07, 6.45) is 0. The summed E-state index contributed by atoms with van der Waals surface area (Å²) in [6.45, 7) is 5.44. The lowest BCUT2D eigenvalue weighted by Crippen LogP contribution is -2.01. The van der Waals surface area contributed by atoms with E-state index in [4.69, 9.17) is 16.7 Å². The fourth-order valence-electron chi connectivity index (χ4n) is 1.10. The first-order valence-electron chi connectivity index (χ1n) is 3.71. The highest BCUT2D eigenvalue weighted by molar-refractivity contribution is 6.34. The number of allylic oxidation sites excluding steroid dienone is 1. The van der Waals surface area contributed by atoms with Crippen molar-refractivity contribution < 1.29 is 9.90 Å². The van der Waals surface area contributed by atoms with Gasteiger partial charge in [0, 0.05) is 0 Å². The summed E-state index contributed by atoms with van der Waals surface area (Å²) in [7, 11) is 0. The van der Waals surface area contributed by atoms with E-state index in [0.717, 1.165) is 0 Å². The highest BCUT2D eigenvalue weighted by Crippen LogP contribution is 2.24. The molecule has 0 heterocycles. The van der Waals surface area contributed by atoms with Gasteiger partial charge in [0.2, 0.25) is 0 Å². The highest BCUT2D eigenvalue weighted by Gasteiger charge is 2.13. The molecule has 2 nitrogen and oxygen atoms in total. The smallest absolute Gasteiger partial charge is 0.337 e. The fourth-order valence-corrected chi connectivity index (χ4v) is 1.35. The third-order valence-electron chi connectivity index (χ3n) is 1.69. The van der Waals surface area contributed by atoms with Crippen molar-refractivity contribution in [2.45, 2.75) is 6.92 Å². The Labute approximate surface area is 81.5 Å². The maximum atomic E-state index is 10.8. The Balaban J connectivity index is 3.43. The summed E-state index contributed by atoms with van der Waals surface area (Å²) in [6, 6.07) is 4.95. The number of aromatic carboxylic acids is 1. The van der Waals surface area contributed by atoms with Gasteiger partial charge in [-0.25, -0.2) is 4.79 Å². The standard InChI is InChI=1S/C10H9ClO2/c1-6(2)7-4-3-5-8(11)9(7)10(12)13/h3-5H,1H2,2H3,(H,12,13). The number of carbonyl (C=O) groups is 1. The Hall–Kier alpha value is -1.28. The molecule has 0 aliphatic rings. The molecule has 1 aromatic carbocycles. The Kier molecular flexibility index (Phi) is 2.73. The van der Waals surface area contributed by atoms with Crippen LogP contribution in [0, 0.1) is 0 Å². The zero-order valence-electron chi connectivity index (χ0n) is 7.17. The van der Waals surface area contributed by atoms with E-state index in [1.807, 2.05) is 0 Å². The SMILES string of the molecule is C=C(C)c1cccc(Cl)c1C(=O)O. The summed E-state index contributed by atoms with van der Waals surface area (Å²) in [5.41, 5.74) is 1.40. The molecule has 3 heteroatoms. The number of benzene rings is 1. The first kappa shape index (κ1) is 9.81. The molecule has 0 spiro atoms. The average Bonchev–Trinajstić information content (AvgIpc) is 2.02. The predicted molar refractivity (Wildman–Crippen MR) is 53.1 cm³/mol. The third-order valence-corrected chi connectivity index (χ3v) is 2.00. The number of hydrogen-bond donors (Lipinski definition) is 1. The molecule has 0 aliphatic carbocycles. The van der Waals surface area contributed by atoms with E-state index in [-0.39, 0.29) is 10.6 Å². The van der Waals surface area contributed by atoms with Crippen LogP contribution in [-0.4, -0.2) is 11.1 Å². The topological polar surface area (TPSA) is 37.3 Å². The predicted octanol–water partition coefficient (Wildman–Crippen LogP) is 3.07. The van der Waals surface area contributed by atoms with Crippen LogP contribution in [0.3, 0.4) is 0 Å². The van der Waals surface area contributed by atoms with Crippen molar-refractivity contribution in [2.75, 3.05) is 0 Å². The molecule has 0 bridgehead atoms. The lowest BCUT2D eigenvalue weighted by Gasteiger charge is -2.06. The molecule has 0 radical (unpaired) electrons. The van der Waals surface area contributed by atoms with Gasteiger partial charge in [-0.05, 0) is 18.6 Å². The van der Waals surface area contributed by atoms with Gasteiger partial charge in [0.25, 0.3) is 0 Å². The van der Waals surface area contributed by atoms with Crippen LogP contribution < -0.4 is 0 Å². The second-order valence-electron chi connectivity index (χ2n) is 2.75. The highest BCUT2D eigenvalue weighted by atomic mass is 35.5. The second-order valence-corrected chi connectivity index (χ2v) is 3.16. The van der Waals surface area contributed by atoms with Crippen molar-refractivity contribution in [1.29, 1.82) is 0 Å². The van der Waals surface area contributed by atoms with Crippen LogP contribution in [0.15, 0.2) is 24.8 Å². The van der Waals surface area contributed by atoms with Gasteiger partial charge in [0.1, 0.15) is 0 Å². The van der Waals surface area contributed by atoms with E-state index in [1.165, 1.54) is 0 Å². The average molecular weight is 197 g/mol.